The van der Waals surface area contributed by atoms with E-state index in [1.54, 1.807) is 13.3 Å². The number of fused-ring (bicyclic) bond motifs is 2. The molecule has 0 saturated heterocycles. The second kappa shape index (κ2) is 6.32. The van der Waals surface area contributed by atoms with Crippen molar-refractivity contribution in [1.82, 2.24) is 4.98 Å². The number of nitrogens with one attached hydrogen (secondary N) is 1. The third kappa shape index (κ3) is 3.06. The fourth-order valence-electron chi connectivity index (χ4n) is 2.71. The molecule has 0 bridgehead atoms. The molecule has 1 aliphatic rings. The zero-order chi connectivity index (χ0) is 17.2. The van der Waals surface area contributed by atoms with Crippen molar-refractivity contribution >= 4 is 22.8 Å². The van der Waals surface area contributed by atoms with Crippen LogP contribution in [-0.2, 0) is 0 Å². The van der Waals surface area contributed by atoms with E-state index in [1.165, 1.54) is 0 Å². The summed E-state index contributed by atoms with van der Waals surface area (Å²) >= 11 is 0. The number of hydrogen-bond donors (Lipinski definition) is 1. The number of hydrogen-bond acceptors (Lipinski definition) is 6. The summed E-state index contributed by atoms with van der Waals surface area (Å²) in [4.78, 5) is 4.56. The Kier molecular flexibility index (Phi) is 3.85. The molecule has 0 amide bonds. The molecule has 0 unspecified atom stereocenters. The van der Waals surface area contributed by atoms with Crippen molar-refractivity contribution < 1.29 is 14.2 Å². The third-order valence-electron chi connectivity index (χ3n) is 3.95. The van der Waals surface area contributed by atoms with Crippen molar-refractivity contribution in [2.45, 2.75) is 6.92 Å². The van der Waals surface area contributed by atoms with Crippen LogP contribution in [0.4, 0.5) is 5.69 Å². The van der Waals surface area contributed by atoms with Crippen molar-refractivity contribution in [1.29, 1.82) is 0 Å². The first-order chi connectivity index (χ1) is 12.2. The van der Waals surface area contributed by atoms with Gasteiger partial charge in [-0.2, -0.15) is 5.10 Å². The number of aromatic nitrogens is 1. The molecule has 0 saturated carbocycles. The van der Waals surface area contributed by atoms with E-state index in [1.807, 2.05) is 49.4 Å². The smallest absolute Gasteiger partial charge is 0.231 e. The van der Waals surface area contributed by atoms with E-state index in [9.17, 15) is 0 Å². The number of pyridine rings is 1. The average molecular weight is 335 g/mol. The molecule has 0 atom stereocenters. The molecular weight excluding hydrogens is 318 g/mol. The number of hydrazone groups is 1. The minimum absolute atomic E-state index is 0.239. The average Bonchev–Trinajstić information content (AvgIpc) is 3.08. The Balaban J connectivity index is 1.63. The number of nitrogens with zero attached hydrogens (tertiary/aromatic N) is 2. The maximum absolute atomic E-state index is 5.46. The Morgan fingerprint density at radius 3 is 2.64 bits per heavy atom. The van der Waals surface area contributed by atoms with Crippen LogP contribution in [0.5, 0.6) is 17.2 Å². The minimum Gasteiger partial charge on any atom is -0.497 e. The minimum atomic E-state index is 0.239. The molecule has 0 spiro atoms. The first-order valence-electron chi connectivity index (χ1n) is 7.87. The third-order valence-corrected chi connectivity index (χ3v) is 3.95. The molecule has 3 aromatic rings. The molecule has 1 N–H and O–H groups in total. The highest BCUT2D eigenvalue weighted by Gasteiger charge is 2.16. The number of aryl methyl sites for hydroxylation is 1. The Hall–Kier alpha value is -3.28. The van der Waals surface area contributed by atoms with E-state index in [-0.39, 0.29) is 6.79 Å². The van der Waals surface area contributed by atoms with Gasteiger partial charge in [-0.25, -0.2) is 0 Å². The van der Waals surface area contributed by atoms with Crippen molar-refractivity contribution in [3.63, 3.8) is 0 Å². The van der Waals surface area contributed by atoms with Gasteiger partial charge in [0, 0.05) is 17.1 Å². The molecule has 1 aromatic heterocycles. The van der Waals surface area contributed by atoms with E-state index in [2.05, 4.69) is 15.5 Å². The largest absolute Gasteiger partial charge is 0.497 e. The SMILES string of the molecule is COc1ccc(/C=N/Nc2cc(C)nc3cc4c(cc23)OCO4)cc1. The molecule has 2 aromatic carbocycles. The summed E-state index contributed by atoms with van der Waals surface area (Å²) in [6, 6.07) is 13.5. The van der Waals surface area contributed by atoms with Crippen LogP contribution in [0.1, 0.15) is 11.3 Å². The molecule has 126 valence electrons. The van der Waals surface area contributed by atoms with E-state index < -0.39 is 0 Å². The Labute approximate surface area is 145 Å². The van der Waals surface area contributed by atoms with Gasteiger partial charge in [-0.05, 0) is 48.9 Å². The van der Waals surface area contributed by atoms with E-state index >= 15 is 0 Å². The van der Waals surface area contributed by atoms with Crippen LogP contribution in [0, 0.1) is 6.92 Å². The zero-order valence-corrected chi connectivity index (χ0v) is 13.9. The summed E-state index contributed by atoms with van der Waals surface area (Å²) < 4.78 is 16.0. The van der Waals surface area contributed by atoms with Gasteiger partial charge in [0.05, 0.1) is 24.5 Å². The monoisotopic (exact) mass is 335 g/mol. The van der Waals surface area contributed by atoms with Crippen LogP contribution in [-0.4, -0.2) is 25.1 Å². The number of methoxy groups -OCH3 is 1. The zero-order valence-electron chi connectivity index (χ0n) is 13.9. The molecule has 4 rings (SSSR count). The number of ether oxygens (including phenoxy) is 3. The molecule has 0 aliphatic carbocycles. The highest BCUT2D eigenvalue weighted by molar-refractivity contribution is 5.94. The normalized spacial score (nSPS) is 12.7. The summed E-state index contributed by atoms with van der Waals surface area (Å²) in [5.41, 5.74) is 6.67. The first kappa shape index (κ1) is 15.3. The van der Waals surface area contributed by atoms with Gasteiger partial charge < -0.3 is 14.2 Å². The first-order valence-corrected chi connectivity index (χ1v) is 7.87. The Bertz CT molecular complexity index is 952. The molecule has 6 nitrogen and oxygen atoms in total. The molecule has 2 heterocycles. The standard InChI is InChI=1S/C19H17N3O3/c1-12-7-17(22-20-10-13-3-5-14(23-2)6-4-13)15-8-18-19(25-11-24-18)9-16(15)21-12/h3-10H,11H2,1-2H3,(H,21,22)/b20-10+. The molecule has 6 heteroatoms. The quantitative estimate of drug-likeness (QED) is 0.581. The van der Waals surface area contributed by atoms with Crippen LogP contribution in [0.3, 0.4) is 0 Å². The van der Waals surface area contributed by atoms with Crippen LogP contribution in [0.15, 0.2) is 47.6 Å². The van der Waals surface area contributed by atoms with Crippen molar-refractivity contribution in [2.24, 2.45) is 5.10 Å². The van der Waals surface area contributed by atoms with Gasteiger partial charge in [-0.15, -0.1) is 0 Å². The molecule has 0 radical (unpaired) electrons. The number of rotatable bonds is 4. The summed E-state index contributed by atoms with van der Waals surface area (Å²) in [6.45, 7) is 2.19. The fraction of sp³-hybridized carbons (Fsp3) is 0.158. The van der Waals surface area contributed by atoms with Crippen LogP contribution < -0.4 is 19.6 Å². The maximum Gasteiger partial charge on any atom is 0.231 e. The van der Waals surface area contributed by atoms with E-state index in [0.29, 0.717) is 0 Å². The number of benzene rings is 2. The lowest BCUT2D eigenvalue weighted by Gasteiger charge is -2.08. The second-order valence-electron chi connectivity index (χ2n) is 5.68. The predicted molar refractivity (Wildman–Crippen MR) is 96.8 cm³/mol. The topological polar surface area (TPSA) is 65.0 Å². The fourth-order valence-corrected chi connectivity index (χ4v) is 2.71. The lowest BCUT2D eigenvalue weighted by molar-refractivity contribution is 0.174. The van der Waals surface area contributed by atoms with Crippen molar-refractivity contribution in [3.8, 4) is 17.2 Å². The molecule has 1 aliphatic heterocycles. The van der Waals surface area contributed by atoms with Gasteiger partial charge in [0.1, 0.15) is 5.75 Å². The highest BCUT2D eigenvalue weighted by atomic mass is 16.7. The maximum atomic E-state index is 5.46. The summed E-state index contributed by atoms with van der Waals surface area (Å²) in [5, 5.41) is 5.27. The van der Waals surface area contributed by atoms with Gasteiger partial charge in [-0.3, -0.25) is 10.4 Å². The van der Waals surface area contributed by atoms with Gasteiger partial charge >= 0.3 is 0 Å². The van der Waals surface area contributed by atoms with E-state index in [0.717, 1.165) is 45.1 Å². The summed E-state index contributed by atoms with van der Waals surface area (Å²) in [5.74, 6) is 2.26. The van der Waals surface area contributed by atoms with E-state index in [4.69, 9.17) is 14.2 Å². The predicted octanol–water partition coefficient (Wildman–Crippen LogP) is 3.73. The Morgan fingerprint density at radius 1 is 1.12 bits per heavy atom. The Morgan fingerprint density at radius 2 is 1.88 bits per heavy atom. The van der Waals surface area contributed by atoms with Crippen LogP contribution >= 0.6 is 0 Å². The van der Waals surface area contributed by atoms with Crippen molar-refractivity contribution in [2.75, 3.05) is 19.3 Å². The second-order valence-corrected chi connectivity index (χ2v) is 5.68. The van der Waals surface area contributed by atoms with Crippen LogP contribution in [0.25, 0.3) is 10.9 Å². The molecule has 25 heavy (non-hydrogen) atoms. The summed E-state index contributed by atoms with van der Waals surface area (Å²) in [6.07, 6.45) is 1.76. The lowest BCUT2D eigenvalue weighted by Crippen LogP contribution is -1.95. The van der Waals surface area contributed by atoms with Gasteiger partial charge in [0.15, 0.2) is 11.5 Å². The highest BCUT2D eigenvalue weighted by Crippen LogP contribution is 2.38. The van der Waals surface area contributed by atoms with Gasteiger partial charge in [-0.1, -0.05) is 0 Å². The van der Waals surface area contributed by atoms with Gasteiger partial charge in [0.25, 0.3) is 0 Å². The summed E-state index contributed by atoms with van der Waals surface area (Å²) in [7, 11) is 1.65. The molecular formula is C19H17N3O3. The van der Waals surface area contributed by atoms with Crippen molar-refractivity contribution in [3.05, 3.63) is 53.7 Å². The molecule has 0 fully saturated rings. The van der Waals surface area contributed by atoms with Crippen LogP contribution in [0.2, 0.25) is 0 Å². The number of anilines is 1. The van der Waals surface area contributed by atoms with Gasteiger partial charge in [0.2, 0.25) is 6.79 Å². The lowest BCUT2D eigenvalue weighted by atomic mass is 10.1.